The van der Waals surface area contributed by atoms with Crippen LogP contribution in [0.25, 0.3) is 0 Å². The minimum Gasteiger partial charge on any atom is -0.328 e. The summed E-state index contributed by atoms with van der Waals surface area (Å²) >= 11 is 0. The van der Waals surface area contributed by atoms with E-state index in [2.05, 4.69) is 10.1 Å². The average molecular weight is 210 g/mol. The van der Waals surface area contributed by atoms with Crippen molar-refractivity contribution in [2.45, 2.75) is 45.7 Å². The second-order valence-corrected chi connectivity index (χ2v) is 3.72. The number of hydrogen-bond donors (Lipinski definition) is 1. The molecule has 0 amide bonds. The average Bonchev–Trinajstić information content (AvgIpc) is 2.62. The van der Waals surface area contributed by atoms with Gasteiger partial charge < -0.3 is 5.73 Å². The largest absolute Gasteiger partial charge is 0.328 e. The molecule has 0 aliphatic rings. The van der Waals surface area contributed by atoms with Gasteiger partial charge in [0.25, 0.3) is 0 Å². The molecular formula is C10H18N4O. The third kappa shape index (κ3) is 3.79. The molecule has 1 atom stereocenters. The van der Waals surface area contributed by atoms with Gasteiger partial charge in [0.1, 0.15) is 17.9 Å². The van der Waals surface area contributed by atoms with E-state index in [9.17, 15) is 4.79 Å². The molecule has 5 heteroatoms. The van der Waals surface area contributed by atoms with Crippen molar-refractivity contribution in [3.05, 3.63) is 12.2 Å². The normalized spacial score (nSPS) is 12.7. The van der Waals surface area contributed by atoms with Gasteiger partial charge in [0.15, 0.2) is 0 Å². The number of hydrogen-bond acceptors (Lipinski definition) is 4. The van der Waals surface area contributed by atoms with Crippen molar-refractivity contribution in [2.75, 3.05) is 0 Å². The van der Waals surface area contributed by atoms with E-state index in [1.807, 2.05) is 13.8 Å². The van der Waals surface area contributed by atoms with Crippen LogP contribution >= 0.6 is 0 Å². The zero-order valence-electron chi connectivity index (χ0n) is 9.31. The molecule has 0 aliphatic heterocycles. The fourth-order valence-corrected chi connectivity index (χ4v) is 1.34. The second-order valence-electron chi connectivity index (χ2n) is 3.72. The standard InChI is InChI=1S/C10H18N4O/c1-3-14-10(12-7-13-14)6-9(15)5-4-8(2)11/h7-8H,3-6,11H2,1-2H3. The maximum absolute atomic E-state index is 11.5. The molecule has 0 radical (unpaired) electrons. The lowest BCUT2D eigenvalue weighted by Crippen LogP contribution is -2.18. The summed E-state index contributed by atoms with van der Waals surface area (Å²) in [5.41, 5.74) is 5.58. The van der Waals surface area contributed by atoms with Crippen molar-refractivity contribution in [1.82, 2.24) is 14.8 Å². The SMILES string of the molecule is CCn1ncnc1CC(=O)CCC(C)N. The molecular weight excluding hydrogens is 192 g/mol. The summed E-state index contributed by atoms with van der Waals surface area (Å²) in [5, 5.41) is 4.01. The van der Waals surface area contributed by atoms with Gasteiger partial charge in [0.2, 0.25) is 0 Å². The summed E-state index contributed by atoms with van der Waals surface area (Å²) in [7, 11) is 0. The van der Waals surface area contributed by atoms with Crippen LogP contribution in [0.2, 0.25) is 0 Å². The fourth-order valence-electron chi connectivity index (χ4n) is 1.34. The molecule has 0 fully saturated rings. The number of rotatable bonds is 6. The molecule has 0 aromatic carbocycles. The Morgan fingerprint density at radius 1 is 1.67 bits per heavy atom. The van der Waals surface area contributed by atoms with Crippen LogP contribution in [-0.2, 0) is 17.8 Å². The topological polar surface area (TPSA) is 73.8 Å². The Hall–Kier alpha value is -1.23. The highest BCUT2D eigenvalue weighted by atomic mass is 16.1. The summed E-state index contributed by atoms with van der Waals surface area (Å²) in [6.07, 6.45) is 3.10. The molecule has 5 nitrogen and oxygen atoms in total. The molecule has 0 aliphatic carbocycles. The van der Waals surface area contributed by atoms with Gasteiger partial charge in [-0.25, -0.2) is 9.67 Å². The van der Waals surface area contributed by atoms with Gasteiger partial charge in [-0.3, -0.25) is 4.79 Å². The van der Waals surface area contributed by atoms with Crippen LogP contribution in [0.15, 0.2) is 6.33 Å². The van der Waals surface area contributed by atoms with Crippen LogP contribution in [-0.4, -0.2) is 26.6 Å². The van der Waals surface area contributed by atoms with E-state index >= 15 is 0 Å². The lowest BCUT2D eigenvalue weighted by atomic mass is 10.1. The quantitative estimate of drug-likeness (QED) is 0.743. The predicted molar refractivity (Wildman–Crippen MR) is 57.3 cm³/mol. The number of aromatic nitrogens is 3. The first-order valence-electron chi connectivity index (χ1n) is 5.27. The van der Waals surface area contributed by atoms with E-state index in [4.69, 9.17) is 5.73 Å². The van der Waals surface area contributed by atoms with Crippen LogP contribution in [0.1, 0.15) is 32.5 Å². The van der Waals surface area contributed by atoms with Crippen molar-refractivity contribution < 1.29 is 4.79 Å². The van der Waals surface area contributed by atoms with Crippen LogP contribution in [0.3, 0.4) is 0 Å². The lowest BCUT2D eigenvalue weighted by Gasteiger charge is -2.04. The fraction of sp³-hybridized carbons (Fsp3) is 0.700. The Labute approximate surface area is 89.7 Å². The van der Waals surface area contributed by atoms with Gasteiger partial charge >= 0.3 is 0 Å². The predicted octanol–water partition coefficient (Wildman–Crippen LogP) is 0.537. The van der Waals surface area contributed by atoms with Crippen LogP contribution in [0.4, 0.5) is 0 Å². The van der Waals surface area contributed by atoms with Crippen molar-refractivity contribution in [2.24, 2.45) is 5.73 Å². The third-order valence-corrected chi connectivity index (χ3v) is 2.23. The molecule has 0 saturated carbocycles. The number of carbonyl (C=O) groups is 1. The van der Waals surface area contributed by atoms with Crippen LogP contribution in [0.5, 0.6) is 0 Å². The maximum atomic E-state index is 11.5. The summed E-state index contributed by atoms with van der Waals surface area (Å²) in [6.45, 7) is 4.63. The highest BCUT2D eigenvalue weighted by Crippen LogP contribution is 2.01. The van der Waals surface area contributed by atoms with Crippen LogP contribution in [0, 0.1) is 0 Å². The zero-order valence-corrected chi connectivity index (χ0v) is 9.31. The van der Waals surface area contributed by atoms with Gasteiger partial charge in [-0.1, -0.05) is 0 Å². The highest BCUT2D eigenvalue weighted by Gasteiger charge is 2.09. The Morgan fingerprint density at radius 3 is 3.00 bits per heavy atom. The zero-order chi connectivity index (χ0) is 11.3. The summed E-state index contributed by atoms with van der Waals surface area (Å²) < 4.78 is 1.74. The third-order valence-electron chi connectivity index (χ3n) is 2.23. The van der Waals surface area contributed by atoms with Crippen molar-refractivity contribution in [3.8, 4) is 0 Å². The minimum absolute atomic E-state index is 0.0815. The van der Waals surface area contributed by atoms with Gasteiger partial charge in [0, 0.05) is 19.0 Å². The molecule has 1 aromatic heterocycles. The van der Waals surface area contributed by atoms with Crippen LogP contribution < -0.4 is 5.73 Å². The number of nitrogens with zero attached hydrogens (tertiary/aromatic N) is 3. The Bertz CT molecular complexity index is 319. The Morgan fingerprint density at radius 2 is 2.40 bits per heavy atom. The monoisotopic (exact) mass is 210 g/mol. The number of nitrogens with two attached hydrogens (primary N) is 1. The Balaban J connectivity index is 2.44. The van der Waals surface area contributed by atoms with E-state index in [0.29, 0.717) is 12.8 Å². The van der Waals surface area contributed by atoms with Gasteiger partial charge in [-0.05, 0) is 20.3 Å². The number of ketones is 1. The molecule has 1 rings (SSSR count). The molecule has 2 N–H and O–H groups in total. The minimum atomic E-state index is 0.0815. The smallest absolute Gasteiger partial charge is 0.140 e. The molecule has 1 unspecified atom stereocenters. The van der Waals surface area contributed by atoms with Gasteiger partial charge in [0.05, 0.1) is 6.42 Å². The number of Topliss-reactive ketones (excluding diaryl/α,β-unsaturated/α-hetero) is 1. The van der Waals surface area contributed by atoms with Crippen molar-refractivity contribution in [3.63, 3.8) is 0 Å². The van der Waals surface area contributed by atoms with E-state index in [-0.39, 0.29) is 11.8 Å². The van der Waals surface area contributed by atoms with E-state index in [0.717, 1.165) is 18.8 Å². The van der Waals surface area contributed by atoms with Crippen molar-refractivity contribution >= 4 is 5.78 Å². The maximum Gasteiger partial charge on any atom is 0.140 e. The summed E-state index contributed by atoms with van der Waals surface area (Å²) in [5.74, 6) is 0.919. The highest BCUT2D eigenvalue weighted by molar-refractivity contribution is 5.80. The van der Waals surface area contributed by atoms with E-state index in [1.165, 1.54) is 6.33 Å². The Kier molecular flexibility index (Phi) is 4.42. The molecule has 0 saturated heterocycles. The summed E-state index contributed by atoms with van der Waals surface area (Å²) in [6, 6.07) is 0.0815. The first-order chi connectivity index (χ1) is 7.13. The second kappa shape index (κ2) is 5.60. The van der Waals surface area contributed by atoms with Gasteiger partial charge in [-0.15, -0.1) is 0 Å². The summed E-state index contributed by atoms with van der Waals surface area (Å²) in [4.78, 5) is 15.6. The molecule has 0 bridgehead atoms. The first kappa shape index (κ1) is 11.8. The number of carbonyl (C=O) groups excluding carboxylic acids is 1. The molecule has 0 spiro atoms. The van der Waals surface area contributed by atoms with Gasteiger partial charge in [-0.2, -0.15) is 5.10 Å². The van der Waals surface area contributed by atoms with E-state index in [1.54, 1.807) is 4.68 Å². The molecule has 1 aromatic rings. The van der Waals surface area contributed by atoms with Crippen molar-refractivity contribution in [1.29, 1.82) is 0 Å². The molecule has 1 heterocycles. The molecule has 84 valence electrons. The molecule has 15 heavy (non-hydrogen) atoms. The number of aryl methyl sites for hydroxylation is 1. The lowest BCUT2D eigenvalue weighted by molar-refractivity contribution is -0.118. The first-order valence-corrected chi connectivity index (χ1v) is 5.27. The van der Waals surface area contributed by atoms with E-state index < -0.39 is 0 Å².